The molecule has 0 aliphatic carbocycles. The van der Waals surface area contributed by atoms with Crippen LogP contribution in [0.15, 0.2) is 24.4 Å². The fraction of sp³-hybridized carbons (Fsp3) is 0.375. The number of aromatic hydroxyl groups is 1. The van der Waals surface area contributed by atoms with Gasteiger partial charge >= 0.3 is 0 Å². The van der Waals surface area contributed by atoms with Crippen LogP contribution in [0.2, 0.25) is 0 Å². The van der Waals surface area contributed by atoms with Crippen molar-refractivity contribution >= 4 is 0 Å². The Morgan fingerprint density at radius 1 is 1.29 bits per heavy atom. The van der Waals surface area contributed by atoms with Crippen molar-refractivity contribution in [2.24, 2.45) is 0 Å². The lowest BCUT2D eigenvalue weighted by Crippen LogP contribution is -2.14. The maximum Gasteiger partial charge on any atom is 0.233 e. The summed E-state index contributed by atoms with van der Waals surface area (Å²) in [5, 5.41) is 17.6. The molecule has 0 fully saturated rings. The minimum atomic E-state index is -1.91. The van der Waals surface area contributed by atoms with Crippen molar-refractivity contribution < 1.29 is 17.0 Å². The topological polar surface area (TPSA) is 55.2 Å². The van der Waals surface area contributed by atoms with Crippen LogP contribution in [0.1, 0.15) is 36.0 Å². The molecule has 2 aromatic rings. The van der Waals surface area contributed by atoms with Gasteiger partial charge in [-0.05, 0) is 30.0 Å². The summed E-state index contributed by atoms with van der Waals surface area (Å²) in [4.78, 5) is 0. The molecular formula is C16H19FN2O2. The summed E-state index contributed by atoms with van der Waals surface area (Å²) in [7, 11) is 0. The van der Waals surface area contributed by atoms with E-state index in [0.717, 1.165) is 0 Å². The van der Waals surface area contributed by atoms with Gasteiger partial charge in [0.2, 0.25) is 5.88 Å². The normalized spacial score (nSPS) is 13.6. The number of hydrogen-bond acceptors (Lipinski definition) is 4. The third kappa shape index (κ3) is 3.29. The number of phenols is 1. The van der Waals surface area contributed by atoms with Crippen molar-refractivity contribution in [1.82, 2.24) is 10.2 Å². The van der Waals surface area contributed by atoms with E-state index in [4.69, 9.17) is 7.48 Å². The first-order valence-corrected chi connectivity index (χ1v) is 6.52. The van der Waals surface area contributed by atoms with Gasteiger partial charge in [0.25, 0.3) is 0 Å². The van der Waals surface area contributed by atoms with E-state index in [9.17, 15) is 9.50 Å². The van der Waals surface area contributed by atoms with Gasteiger partial charge in [-0.15, -0.1) is 5.10 Å². The Morgan fingerprint density at radius 3 is 2.57 bits per heavy atom. The summed E-state index contributed by atoms with van der Waals surface area (Å²) in [5.41, 5.74) is 0.582. The summed E-state index contributed by atoms with van der Waals surface area (Å²) in [6, 6.07) is 4.20. The van der Waals surface area contributed by atoms with Gasteiger partial charge in [0, 0.05) is 17.2 Å². The highest BCUT2D eigenvalue weighted by Gasteiger charge is 2.23. The first-order valence-electron chi connectivity index (χ1n) is 7.52. The van der Waals surface area contributed by atoms with Crippen LogP contribution in [-0.4, -0.2) is 21.9 Å². The second-order valence-corrected chi connectivity index (χ2v) is 5.69. The number of benzene rings is 1. The molecular weight excluding hydrogens is 271 g/mol. The minimum absolute atomic E-state index is 0.0187. The van der Waals surface area contributed by atoms with Gasteiger partial charge in [-0.3, -0.25) is 0 Å². The van der Waals surface area contributed by atoms with E-state index in [2.05, 4.69) is 10.2 Å². The van der Waals surface area contributed by atoms with E-state index in [1.165, 1.54) is 31.3 Å². The zero-order chi connectivity index (χ0) is 17.4. The third-order valence-corrected chi connectivity index (χ3v) is 2.99. The Hall–Kier alpha value is -2.17. The molecule has 0 saturated carbocycles. The first kappa shape index (κ1) is 12.6. The van der Waals surface area contributed by atoms with Gasteiger partial charge in [-0.25, -0.2) is 4.39 Å². The summed E-state index contributed by atoms with van der Waals surface area (Å²) < 4.78 is 34.2. The average molecular weight is 292 g/mol. The summed E-state index contributed by atoms with van der Waals surface area (Å²) in [5.74, 6) is -0.676. The van der Waals surface area contributed by atoms with Gasteiger partial charge in [0.1, 0.15) is 11.6 Å². The second-order valence-electron chi connectivity index (χ2n) is 5.69. The van der Waals surface area contributed by atoms with Crippen molar-refractivity contribution in [3.8, 4) is 22.8 Å². The number of nitrogens with zero attached hydrogens (tertiary/aromatic N) is 2. The van der Waals surface area contributed by atoms with E-state index in [-0.39, 0.29) is 17.2 Å². The van der Waals surface area contributed by atoms with E-state index in [1.54, 1.807) is 0 Å². The van der Waals surface area contributed by atoms with Crippen LogP contribution in [0.4, 0.5) is 4.39 Å². The molecule has 1 N–H and O–H groups in total. The molecule has 0 aliphatic rings. The molecule has 0 saturated heterocycles. The predicted molar refractivity (Wildman–Crippen MR) is 79.0 cm³/mol. The van der Waals surface area contributed by atoms with Gasteiger partial charge < -0.3 is 9.84 Å². The molecule has 5 heteroatoms. The monoisotopic (exact) mass is 292 g/mol. The molecule has 1 heterocycles. The highest BCUT2D eigenvalue weighted by atomic mass is 19.1. The molecule has 0 unspecified atom stereocenters. The molecule has 0 spiro atoms. The Morgan fingerprint density at radius 2 is 2.00 bits per heavy atom. The van der Waals surface area contributed by atoms with Crippen LogP contribution in [0.5, 0.6) is 11.6 Å². The van der Waals surface area contributed by atoms with Crippen molar-refractivity contribution in [2.45, 2.75) is 33.1 Å². The van der Waals surface area contributed by atoms with Gasteiger partial charge in [0.15, 0.2) is 0 Å². The maximum absolute atomic E-state index is 14.4. The van der Waals surface area contributed by atoms with Crippen LogP contribution in [0.25, 0.3) is 11.1 Å². The Balaban J connectivity index is 2.46. The number of hydrogen-bond donors (Lipinski definition) is 1. The first-order chi connectivity index (χ1) is 10.5. The fourth-order valence-electron chi connectivity index (χ4n) is 2.16. The lowest BCUT2D eigenvalue weighted by atomic mass is 9.85. The molecule has 112 valence electrons. The van der Waals surface area contributed by atoms with Crippen LogP contribution in [0.3, 0.4) is 0 Å². The zero-order valence-electron chi connectivity index (χ0n) is 14.4. The Kier molecular flexibility index (Phi) is 3.39. The second kappa shape index (κ2) is 5.68. The highest BCUT2D eigenvalue weighted by molar-refractivity contribution is 5.66. The minimum Gasteiger partial charge on any atom is -0.508 e. The Bertz CT molecular complexity index is 702. The largest absolute Gasteiger partial charge is 0.508 e. The number of phenolic OH excluding ortho intramolecular Hbond substituents is 1. The summed E-state index contributed by atoms with van der Waals surface area (Å²) in [6.07, 6.45) is 1.39. The molecule has 1 aromatic carbocycles. The predicted octanol–water partition coefficient (Wildman–Crippen LogP) is 3.68. The molecule has 4 nitrogen and oxygen atoms in total. The number of rotatable bonds is 3. The summed E-state index contributed by atoms with van der Waals surface area (Å²) >= 11 is 0. The van der Waals surface area contributed by atoms with E-state index in [1.807, 2.05) is 20.8 Å². The van der Waals surface area contributed by atoms with Crippen molar-refractivity contribution in [3.05, 3.63) is 35.8 Å². The number of ether oxygens (including phenoxy) is 1. The van der Waals surface area contributed by atoms with Gasteiger partial charge in [-0.1, -0.05) is 20.8 Å². The lowest BCUT2D eigenvalue weighted by Gasteiger charge is -2.21. The van der Waals surface area contributed by atoms with Crippen molar-refractivity contribution in [2.75, 3.05) is 6.56 Å². The standard InChI is InChI=1S/C16H19FN2O2/c1-5-21-14-8-11(9-18-19-14)10-6-12(17)15(13(20)7-10)16(2,3)4/h6-9,20H,5H2,1-4H3/i5D2. The molecule has 1 aromatic heterocycles. The van der Waals surface area contributed by atoms with Crippen molar-refractivity contribution in [3.63, 3.8) is 0 Å². The molecule has 2 rings (SSSR count). The summed E-state index contributed by atoms with van der Waals surface area (Å²) in [6.45, 7) is 4.78. The SMILES string of the molecule is [2H]C([2H])(C)Oc1cc(-c2cc(O)c(C(C)(C)C)c(F)c2)cnn1. The maximum atomic E-state index is 14.4. The van der Waals surface area contributed by atoms with Crippen LogP contribution < -0.4 is 4.74 Å². The molecule has 0 aliphatic heterocycles. The highest BCUT2D eigenvalue weighted by Crippen LogP contribution is 2.36. The fourth-order valence-corrected chi connectivity index (χ4v) is 2.16. The smallest absolute Gasteiger partial charge is 0.233 e. The van der Waals surface area contributed by atoms with Crippen LogP contribution in [-0.2, 0) is 5.41 Å². The number of aromatic nitrogens is 2. The molecule has 21 heavy (non-hydrogen) atoms. The van der Waals surface area contributed by atoms with E-state index in [0.29, 0.717) is 11.1 Å². The third-order valence-electron chi connectivity index (χ3n) is 2.99. The average Bonchev–Trinajstić information content (AvgIpc) is 2.34. The lowest BCUT2D eigenvalue weighted by molar-refractivity contribution is 0.323. The molecule has 0 amide bonds. The van der Waals surface area contributed by atoms with Gasteiger partial charge in [0.05, 0.1) is 15.5 Å². The van der Waals surface area contributed by atoms with Crippen molar-refractivity contribution in [1.29, 1.82) is 0 Å². The van der Waals surface area contributed by atoms with E-state index < -0.39 is 17.8 Å². The Labute approximate surface area is 126 Å². The zero-order valence-corrected chi connectivity index (χ0v) is 12.4. The van der Waals surface area contributed by atoms with Crippen LogP contribution in [0, 0.1) is 5.82 Å². The number of halogens is 1. The molecule has 0 radical (unpaired) electrons. The quantitative estimate of drug-likeness (QED) is 0.937. The van der Waals surface area contributed by atoms with Crippen LogP contribution >= 0.6 is 0 Å². The molecule has 0 bridgehead atoms. The molecule has 0 atom stereocenters. The van der Waals surface area contributed by atoms with Gasteiger partial charge in [-0.2, -0.15) is 5.10 Å². The van der Waals surface area contributed by atoms with E-state index >= 15 is 0 Å².